The zero-order chi connectivity index (χ0) is 14.3. The minimum absolute atomic E-state index is 0.292. The maximum atomic E-state index is 11.1. The molecule has 106 valence electrons. The highest BCUT2D eigenvalue weighted by atomic mass is 79.9. The third-order valence-electron chi connectivity index (χ3n) is 2.25. The van der Waals surface area contributed by atoms with Gasteiger partial charge in [-0.1, -0.05) is 15.9 Å². The minimum atomic E-state index is -0.931. The van der Waals surface area contributed by atoms with Crippen LogP contribution in [0.4, 0.5) is 0 Å². The second kappa shape index (κ2) is 8.58. The number of halogens is 1. The number of hydrogen-bond donors (Lipinski definition) is 1. The van der Waals surface area contributed by atoms with Crippen molar-refractivity contribution in [2.45, 2.75) is 25.0 Å². The van der Waals surface area contributed by atoms with Gasteiger partial charge in [0, 0.05) is 28.3 Å². The predicted octanol–water partition coefficient (Wildman–Crippen LogP) is 3.64. The van der Waals surface area contributed by atoms with E-state index in [1.807, 2.05) is 13.8 Å². The molecule has 6 heteroatoms. The molecule has 0 bridgehead atoms. The highest BCUT2D eigenvalue weighted by molar-refractivity contribution is 9.10. The molecule has 1 aromatic carbocycles. The van der Waals surface area contributed by atoms with E-state index in [-0.39, 0.29) is 6.29 Å². The summed E-state index contributed by atoms with van der Waals surface area (Å²) >= 11 is 4.76. The van der Waals surface area contributed by atoms with Gasteiger partial charge in [-0.05, 0) is 32.0 Å². The molecule has 0 radical (unpaired) electrons. The Morgan fingerprint density at radius 1 is 1.37 bits per heavy atom. The highest BCUT2D eigenvalue weighted by Gasteiger charge is 2.14. The van der Waals surface area contributed by atoms with Gasteiger partial charge in [0.25, 0.3) is 0 Å². The van der Waals surface area contributed by atoms with Crippen molar-refractivity contribution in [1.29, 1.82) is 0 Å². The van der Waals surface area contributed by atoms with Crippen molar-refractivity contribution in [3.63, 3.8) is 0 Å². The Kier molecular flexibility index (Phi) is 7.45. The molecule has 19 heavy (non-hydrogen) atoms. The van der Waals surface area contributed by atoms with Crippen molar-refractivity contribution in [2.24, 2.45) is 0 Å². The first-order valence-electron chi connectivity index (χ1n) is 5.97. The Morgan fingerprint density at radius 3 is 2.53 bits per heavy atom. The van der Waals surface area contributed by atoms with Crippen LogP contribution in [0.25, 0.3) is 0 Å². The van der Waals surface area contributed by atoms with Crippen LogP contribution in [0.1, 0.15) is 24.2 Å². The molecule has 0 saturated carbocycles. The average Bonchev–Trinajstić information content (AvgIpc) is 2.36. The van der Waals surface area contributed by atoms with E-state index in [0.29, 0.717) is 29.4 Å². The van der Waals surface area contributed by atoms with Gasteiger partial charge in [0.15, 0.2) is 6.29 Å². The lowest BCUT2D eigenvalue weighted by Gasteiger charge is -2.17. The smallest absolute Gasteiger partial charge is 0.336 e. The largest absolute Gasteiger partial charge is 0.478 e. The molecule has 1 rings (SSSR count). The number of carbonyl (C=O) groups is 1. The number of carboxylic acids is 1. The van der Waals surface area contributed by atoms with Crippen molar-refractivity contribution in [1.82, 2.24) is 0 Å². The summed E-state index contributed by atoms with van der Waals surface area (Å²) in [5.41, 5.74) is 0.292. The maximum Gasteiger partial charge on any atom is 0.336 e. The molecule has 0 saturated heterocycles. The van der Waals surface area contributed by atoms with E-state index in [9.17, 15) is 4.79 Å². The fourth-order valence-corrected chi connectivity index (χ4v) is 3.01. The van der Waals surface area contributed by atoms with Crippen molar-refractivity contribution in [3.05, 3.63) is 28.2 Å². The van der Waals surface area contributed by atoms with E-state index in [0.717, 1.165) is 4.47 Å². The third kappa shape index (κ3) is 5.52. The van der Waals surface area contributed by atoms with Gasteiger partial charge in [0.1, 0.15) is 0 Å². The highest BCUT2D eigenvalue weighted by Crippen LogP contribution is 2.27. The van der Waals surface area contributed by atoms with Crippen LogP contribution in [-0.4, -0.2) is 36.3 Å². The van der Waals surface area contributed by atoms with E-state index < -0.39 is 5.97 Å². The molecule has 4 nitrogen and oxygen atoms in total. The first-order valence-corrected chi connectivity index (χ1v) is 7.75. The summed E-state index contributed by atoms with van der Waals surface area (Å²) < 4.78 is 11.7. The molecule has 0 unspecified atom stereocenters. The van der Waals surface area contributed by atoms with Crippen LogP contribution in [0.3, 0.4) is 0 Å². The monoisotopic (exact) mass is 348 g/mol. The SMILES string of the molecule is CCOC(CSc1cc(Br)ccc1C(=O)O)OCC. The van der Waals surface area contributed by atoms with Gasteiger partial charge < -0.3 is 14.6 Å². The number of carboxylic acid groups (broad SMARTS) is 1. The van der Waals surface area contributed by atoms with E-state index in [4.69, 9.17) is 14.6 Å². The Hall–Kier alpha value is -0.560. The second-order valence-electron chi connectivity index (χ2n) is 3.60. The number of thioether (sulfide) groups is 1. The number of ether oxygens (including phenoxy) is 2. The maximum absolute atomic E-state index is 11.1. The molecule has 0 amide bonds. The molecular formula is C13H17BrO4S. The minimum Gasteiger partial charge on any atom is -0.478 e. The van der Waals surface area contributed by atoms with Gasteiger partial charge in [-0.15, -0.1) is 11.8 Å². The number of benzene rings is 1. The van der Waals surface area contributed by atoms with Gasteiger partial charge in [-0.3, -0.25) is 0 Å². The van der Waals surface area contributed by atoms with E-state index in [1.165, 1.54) is 11.8 Å². The molecule has 0 fully saturated rings. The van der Waals surface area contributed by atoms with Crippen LogP contribution in [-0.2, 0) is 9.47 Å². The Morgan fingerprint density at radius 2 is 2.00 bits per heavy atom. The normalized spacial score (nSPS) is 10.9. The summed E-state index contributed by atoms with van der Waals surface area (Å²) in [6.07, 6.45) is -0.319. The Labute approximate surface area is 125 Å². The molecule has 0 spiro atoms. The fourth-order valence-electron chi connectivity index (χ4n) is 1.47. The first kappa shape index (κ1) is 16.5. The number of aromatic carboxylic acids is 1. The van der Waals surface area contributed by atoms with Crippen LogP contribution in [0.5, 0.6) is 0 Å². The average molecular weight is 349 g/mol. The van der Waals surface area contributed by atoms with Crippen molar-refractivity contribution in [3.8, 4) is 0 Å². The lowest BCUT2D eigenvalue weighted by Crippen LogP contribution is -2.20. The van der Waals surface area contributed by atoms with Gasteiger partial charge in [-0.2, -0.15) is 0 Å². The quantitative estimate of drug-likeness (QED) is 0.574. The summed E-state index contributed by atoms with van der Waals surface area (Å²) in [6, 6.07) is 5.10. The van der Waals surface area contributed by atoms with E-state index in [2.05, 4.69) is 15.9 Å². The fraction of sp³-hybridized carbons (Fsp3) is 0.462. The zero-order valence-corrected chi connectivity index (χ0v) is 13.3. The number of hydrogen-bond acceptors (Lipinski definition) is 4. The lowest BCUT2D eigenvalue weighted by atomic mass is 10.2. The van der Waals surface area contributed by atoms with Crippen LogP contribution in [0.2, 0.25) is 0 Å². The molecule has 1 N–H and O–H groups in total. The summed E-state index contributed by atoms with van der Waals surface area (Å²) in [4.78, 5) is 11.8. The molecule has 0 aliphatic carbocycles. The van der Waals surface area contributed by atoms with E-state index in [1.54, 1.807) is 18.2 Å². The Bertz CT molecular complexity index is 419. The standard InChI is InChI=1S/C13H17BrO4S/c1-3-17-12(18-4-2)8-19-11-7-9(14)5-6-10(11)13(15)16/h5-7,12H,3-4,8H2,1-2H3,(H,15,16). The van der Waals surface area contributed by atoms with Crippen LogP contribution >= 0.6 is 27.7 Å². The second-order valence-corrected chi connectivity index (χ2v) is 5.57. The molecular weight excluding hydrogens is 332 g/mol. The van der Waals surface area contributed by atoms with Crippen molar-refractivity contribution in [2.75, 3.05) is 19.0 Å². The number of rotatable bonds is 8. The molecule has 0 aromatic heterocycles. The topological polar surface area (TPSA) is 55.8 Å². The summed E-state index contributed by atoms with van der Waals surface area (Å²) in [6.45, 7) is 4.93. The Balaban J connectivity index is 2.74. The van der Waals surface area contributed by atoms with Gasteiger partial charge in [0.2, 0.25) is 0 Å². The van der Waals surface area contributed by atoms with Gasteiger partial charge in [0.05, 0.1) is 5.56 Å². The van der Waals surface area contributed by atoms with Crippen LogP contribution in [0, 0.1) is 0 Å². The van der Waals surface area contributed by atoms with Gasteiger partial charge >= 0.3 is 5.97 Å². The molecule has 0 heterocycles. The molecule has 0 aliphatic rings. The van der Waals surface area contributed by atoms with Crippen LogP contribution < -0.4 is 0 Å². The molecule has 0 atom stereocenters. The third-order valence-corrected chi connectivity index (χ3v) is 3.83. The van der Waals surface area contributed by atoms with E-state index >= 15 is 0 Å². The summed E-state index contributed by atoms with van der Waals surface area (Å²) in [5.74, 6) is -0.377. The van der Waals surface area contributed by atoms with Crippen molar-refractivity contribution < 1.29 is 19.4 Å². The first-order chi connectivity index (χ1) is 9.08. The summed E-state index contributed by atoms with van der Waals surface area (Å²) in [5, 5.41) is 9.14. The van der Waals surface area contributed by atoms with Gasteiger partial charge in [-0.25, -0.2) is 4.79 Å². The molecule has 1 aromatic rings. The summed E-state index contributed by atoms with van der Waals surface area (Å²) in [7, 11) is 0. The lowest BCUT2D eigenvalue weighted by molar-refractivity contribution is -0.120. The van der Waals surface area contributed by atoms with Crippen LogP contribution in [0.15, 0.2) is 27.6 Å². The van der Waals surface area contributed by atoms with Crippen molar-refractivity contribution >= 4 is 33.7 Å². The molecule has 0 aliphatic heterocycles. The zero-order valence-electron chi connectivity index (χ0n) is 10.9. The predicted molar refractivity (Wildman–Crippen MR) is 78.9 cm³/mol.